The third-order valence-electron chi connectivity index (χ3n) is 3.91. The summed E-state index contributed by atoms with van der Waals surface area (Å²) in [6.45, 7) is 5.61. The fourth-order valence-corrected chi connectivity index (χ4v) is 2.77. The van der Waals surface area contributed by atoms with Crippen molar-refractivity contribution in [1.82, 2.24) is 5.32 Å². The van der Waals surface area contributed by atoms with E-state index in [0.29, 0.717) is 12.6 Å². The van der Waals surface area contributed by atoms with Gasteiger partial charge in [0.05, 0.1) is 6.61 Å². The van der Waals surface area contributed by atoms with Gasteiger partial charge in [0, 0.05) is 31.7 Å². The van der Waals surface area contributed by atoms with Crippen LogP contribution in [0.1, 0.15) is 32.3 Å². The van der Waals surface area contributed by atoms with E-state index in [-0.39, 0.29) is 11.7 Å². The number of hydrogen-bond donors (Lipinski definition) is 1. The first-order chi connectivity index (χ1) is 10.1. The van der Waals surface area contributed by atoms with Crippen LogP contribution in [0, 0.1) is 0 Å². The molecule has 1 aromatic rings. The van der Waals surface area contributed by atoms with E-state index in [4.69, 9.17) is 14.2 Å². The number of fused-ring (bicyclic) bond motifs is 1. The third-order valence-corrected chi connectivity index (χ3v) is 3.91. The molecule has 0 spiro atoms. The minimum atomic E-state index is -0.148. The smallest absolute Gasteiger partial charge is 0.165 e. The zero-order chi connectivity index (χ0) is 14.9. The summed E-state index contributed by atoms with van der Waals surface area (Å²) >= 11 is 0. The molecule has 0 radical (unpaired) electrons. The van der Waals surface area contributed by atoms with Crippen LogP contribution in [0.4, 0.5) is 0 Å². The maximum atomic E-state index is 6.16. The summed E-state index contributed by atoms with van der Waals surface area (Å²) in [5.41, 5.74) is 1.08. The second kappa shape index (κ2) is 5.85. The average Bonchev–Trinajstić information content (AvgIpc) is 3.18. The number of ether oxygens (including phenoxy) is 3. The Labute approximate surface area is 126 Å². The largest absolute Gasteiger partial charge is 0.483 e. The fourth-order valence-electron chi connectivity index (χ4n) is 2.77. The van der Waals surface area contributed by atoms with E-state index in [2.05, 4.69) is 25.2 Å². The van der Waals surface area contributed by atoms with Crippen LogP contribution in [0.5, 0.6) is 11.5 Å². The van der Waals surface area contributed by atoms with Gasteiger partial charge in [-0.05, 0) is 32.8 Å². The van der Waals surface area contributed by atoms with Gasteiger partial charge in [-0.15, -0.1) is 0 Å². The van der Waals surface area contributed by atoms with E-state index in [0.717, 1.165) is 24.5 Å². The lowest BCUT2D eigenvalue weighted by Crippen LogP contribution is -2.36. The highest BCUT2D eigenvalue weighted by atomic mass is 16.6. The molecule has 1 heterocycles. The predicted octanol–water partition coefficient (Wildman–Crippen LogP) is 2.55. The molecule has 3 rings (SSSR count). The van der Waals surface area contributed by atoms with Gasteiger partial charge in [-0.2, -0.15) is 0 Å². The van der Waals surface area contributed by atoms with E-state index >= 15 is 0 Å². The standard InChI is InChI=1S/C17H25NO3/c1-17(2)9-12-5-4-6-15(16(12)21-17)20-14(11-19-3)10-18-13-7-8-13/h4-6,13-14,18H,7-11H2,1-3H3. The van der Waals surface area contributed by atoms with Crippen molar-refractivity contribution >= 4 is 0 Å². The summed E-state index contributed by atoms with van der Waals surface area (Å²) in [5, 5.41) is 3.50. The topological polar surface area (TPSA) is 39.7 Å². The monoisotopic (exact) mass is 291 g/mol. The Morgan fingerprint density at radius 1 is 1.38 bits per heavy atom. The van der Waals surface area contributed by atoms with Gasteiger partial charge in [0.1, 0.15) is 11.7 Å². The SMILES string of the molecule is COCC(CNC1CC1)Oc1cccc2c1OC(C)(C)C2. The summed E-state index contributed by atoms with van der Waals surface area (Å²) < 4.78 is 17.5. The van der Waals surface area contributed by atoms with E-state index < -0.39 is 0 Å². The lowest BCUT2D eigenvalue weighted by molar-refractivity contribution is 0.0732. The van der Waals surface area contributed by atoms with Crippen molar-refractivity contribution in [3.8, 4) is 11.5 Å². The summed E-state index contributed by atoms with van der Waals surface area (Å²) in [4.78, 5) is 0. The van der Waals surface area contributed by atoms with Crippen molar-refractivity contribution < 1.29 is 14.2 Å². The highest BCUT2D eigenvalue weighted by Gasteiger charge is 2.33. The van der Waals surface area contributed by atoms with Crippen LogP contribution in [-0.2, 0) is 11.2 Å². The Bertz CT molecular complexity index is 497. The molecule has 1 unspecified atom stereocenters. The molecule has 0 saturated heterocycles. The molecule has 116 valence electrons. The second-order valence-electron chi connectivity index (χ2n) is 6.66. The molecule has 1 aromatic carbocycles. The van der Waals surface area contributed by atoms with Crippen LogP contribution in [0.25, 0.3) is 0 Å². The number of nitrogens with one attached hydrogen (secondary N) is 1. The molecule has 1 fully saturated rings. The number of para-hydroxylation sites is 1. The summed E-state index contributed by atoms with van der Waals surface area (Å²) in [5.74, 6) is 1.73. The third kappa shape index (κ3) is 3.69. The molecule has 1 aliphatic heterocycles. The van der Waals surface area contributed by atoms with Gasteiger partial charge >= 0.3 is 0 Å². The molecule has 1 saturated carbocycles. The number of benzene rings is 1. The molecular weight excluding hydrogens is 266 g/mol. The zero-order valence-electron chi connectivity index (χ0n) is 13.1. The molecule has 21 heavy (non-hydrogen) atoms. The van der Waals surface area contributed by atoms with E-state index in [1.807, 2.05) is 12.1 Å². The van der Waals surface area contributed by atoms with Crippen LogP contribution in [0.3, 0.4) is 0 Å². The molecule has 2 aliphatic rings. The van der Waals surface area contributed by atoms with Crippen LogP contribution in [0.2, 0.25) is 0 Å². The molecule has 1 N–H and O–H groups in total. The highest BCUT2D eigenvalue weighted by molar-refractivity contribution is 5.50. The first kappa shape index (κ1) is 14.7. The molecule has 1 aliphatic carbocycles. The Morgan fingerprint density at radius 3 is 2.90 bits per heavy atom. The van der Waals surface area contributed by atoms with E-state index in [1.54, 1.807) is 7.11 Å². The van der Waals surface area contributed by atoms with Gasteiger partial charge in [0.25, 0.3) is 0 Å². The first-order valence-electron chi connectivity index (χ1n) is 7.77. The number of rotatable bonds is 7. The van der Waals surface area contributed by atoms with Crippen molar-refractivity contribution in [2.45, 2.75) is 50.9 Å². The van der Waals surface area contributed by atoms with E-state index in [9.17, 15) is 0 Å². The van der Waals surface area contributed by atoms with Crippen molar-refractivity contribution in [3.05, 3.63) is 23.8 Å². The van der Waals surface area contributed by atoms with Crippen molar-refractivity contribution in [2.24, 2.45) is 0 Å². The van der Waals surface area contributed by atoms with E-state index in [1.165, 1.54) is 18.4 Å². The Morgan fingerprint density at radius 2 is 2.19 bits per heavy atom. The molecular formula is C17H25NO3. The van der Waals surface area contributed by atoms with Crippen molar-refractivity contribution in [3.63, 3.8) is 0 Å². The molecule has 1 atom stereocenters. The number of hydrogen-bond acceptors (Lipinski definition) is 4. The average molecular weight is 291 g/mol. The maximum Gasteiger partial charge on any atom is 0.165 e. The Balaban J connectivity index is 1.69. The summed E-state index contributed by atoms with van der Waals surface area (Å²) in [6.07, 6.45) is 3.49. The van der Waals surface area contributed by atoms with Crippen molar-refractivity contribution in [1.29, 1.82) is 0 Å². The molecule has 0 amide bonds. The maximum absolute atomic E-state index is 6.16. The van der Waals surface area contributed by atoms with Crippen LogP contribution in [-0.4, -0.2) is 38.0 Å². The van der Waals surface area contributed by atoms with Crippen LogP contribution < -0.4 is 14.8 Å². The van der Waals surface area contributed by atoms with Gasteiger partial charge in [-0.1, -0.05) is 12.1 Å². The van der Waals surface area contributed by atoms with Gasteiger partial charge in [-0.25, -0.2) is 0 Å². The minimum Gasteiger partial charge on any atom is -0.483 e. The van der Waals surface area contributed by atoms with Crippen LogP contribution in [0.15, 0.2) is 18.2 Å². The lowest BCUT2D eigenvalue weighted by atomic mass is 10.0. The predicted molar refractivity (Wildman–Crippen MR) is 82.2 cm³/mol. The number of methoxy groups -OCH3 is 1. The zero-order valence-corrected chi connectivity index (χ0v) is 13.1. The van der Waals surface area contributed by atoms with Gasteiger partial charge in [0.15, 0.2) is 11.5 Å². The molecule has 4 nitrogen and oxygen atoms in total. The van der Waals surface area contributed by atoms with Gasteiger partial charge in [0.2, 0.25) is 0 Å². The van der Waals surface area contributed by atoms with Crippen LogP contribution >= 0.6 is 0 Å². The van der Waals surface area contributed by atoms with Crippen molar-refractivity contribution in [2.75, 3.05) is 20.3 Å². The fraction of sp³-hybridized carbons (Fsp3) is 0.647. The molecule has 0 bridgehead atoms. The minimum absolute atomic E-state index is 0.00872. The Kier molecular flexibility index (Phi) is 4.09. The highest BCUT2D eigenvalue weighted by Crippen LogP contribution is 2.42. The molecule has 4 heteroatoms. The normalized spacial score (nSPS) is 20.7. The summed E-state index contributed by atoms with van der Waals surface area (Å²) in [6, 6.07) is 6.81. The Hall–Kier alpha value is -1.26. The van der Waals surface area contributed by atoms with Gasteiger partial charge in [-0.3, -0.25) is 0 Å². The van der Waals surface area contributed by atoms with Gasteiger partial charge < -0.3 is 19.5 Å². The lowest BCUT2D eigenvalue weighted by Gasteiger charge is -2.22. The second-order valence-corrected chi connectivity index (χ2v) is 6.66. The summed E-state index contributed by atoms with van der Waals surface area (Å²) in [7, 11) is 1.71. The molecule has 0 aromatic heterocycles. The first-order valence-corrected chi connectivity index (χ1v) is 7.77. The quantitative estimate of drug-likeness (QED) is 0.838.